The van der Waals surface area contributed by atoms with E-state index in [4.69, 9.17) is 0 Å². The van der Waals surface area contributed by atoms with Crippen molar-refractivity contribution < 1.29 is 9.59 Å². The Morgan fingerprint density at radius 2 is 1.71 bits per heavy atom. The van der Waals surface area contributed by atoms with E-state index in [1.807, 2.05) is 20.8 Å². The fraction of sp³-hybridized carbons (Fsp3) is 0.800. The molecule has 0 aliphatic carbocycles. The summed E-state index contributed by atoms with van der Waals surface area (Å²) in [5.74, 6) is -0.349. The minimum Gasteiger partial charge on any atom is -0.350 e. The first-order valence-electron chi connectivity index (χ1n) is 4.81. The number of rotatable bonds is 3. The topological polar surface area (TPSA) is 58.2 Å². The van der Waals surface area contributed by atoms with Gasteiger partial charge < -0.3 is 10.6 Å². The van der Waals surface area contributed by atoms with E-state index in [0.29, 0.717) is 0 Å². The fourth-order valence-electron chi connectivity index (χ4n) is 0.834. The maximum absolute atomic E-state index is 11.3. The number of carbonyl (C=O) groups is 2. The first kappa shape index (κ1) is 12.9. The summed E-state index contributed by atoms with van der Waals surface area (Å²) in [6.07, 6.45) is 0. The highest BCUT2D eigenvalue weighted by molar-refractivity contribution is 5.85. The van der Waals surface area contributed by atoms with Gasteiger partial charge in [0.15, 0.2) is 0 Å². The van der Waals surface area contributed by atoms with Crippen LogP contribution >= 0.6 is 0 Å². The summed E-state index contributed by atoms with van der Waals surface area (Å²) < 4.78 is 0. The van der Waals surface area contributed by atoms with E-state index < -0.39 is 0 Å². The smallest absolute Gasteiger partial charge is 0.239 e. The normalized spacial score (nSPS) is 11.3. The molecular weight excluding hydrogens is 180 g/mol. The molecule has 0 atom stereocenters. The van der Waals surface area contributed by atoms with Crippen LogP contribution in [0.2, 0.25) is 0 Å². The van der Waals surface area contributed by atoms with Gasteiger partial charge in [0.2, 0.25) is 11.8 Å². The molecule has 0 aromatic rings. The van der Waals surface area contributed by atoms with Crippen LogP contribution in [0.25, 0.3) is 0 Å². The summed E-state index contributed by atoms with van der Waals surface area (Å²) in [7, 11) is 0. The Labute approximate surface area is 85.4 Å². The highest BCUT2D eigenvalue weighted by atomic mass is 16.2. The second-order valence-electron chi connectivity index (χ2n) is 4.67. The van der Waals surface area contributed by atoms with Gasteiger partial charge >= 0.3 is 0 Å². The molecule has 4 heteroatoms. The molecule has 0 aliphatic rings. The second-order valence-corrected chi connectivity index (χ2v) is 4.67. The van der Waals surface area contributed by atoms with E-state index in [0.717, 1.165) is 0 Å². The van der Waals surface area contributed by atoms with E-state index in [-0.39, 0.29) is 29.8 Å². The van der Waals surface area contributed by atoms with Crippen LogP contribution in [0.4, 0.5) is 0 Å². The van der Waals surface area contributed by atoms with Crippen molar-refractivity contribution in [2.45, 2.75) is 40.2 Å². The monoisotopic (exact) mass is 200 g/mol. The van der Waals surface area contributed by atoms with Crippen molar-refractivity contribution >= 4 is 11.8 Å². The molecule has 0 aromatic carbocycles. The van der Waals surface area contributed by atoms with Gasteiger partial charge in [0, 0.05) is 11.5 Å². The van der Waals surface area contributed by atoms with Gasteiger partial charge in [0.1, 0.15) is 0 Å². The molecule has 0 unspecified atom stereocenters. The van der Waals surface area contributed by atoms with Crippen molar-refractivity contribution in [3.63, 3.8) is 0 Å². The first-order chi connectivity index (χ1) is 6.22. The van der Waals surface area contributed by atoms with E-state index in [1.165, 1.54) is 0 Å². The number of carbonyl (C=O) groups excluding carboxylic acids is 2. The lowest BCUT2D eigenvalue weighted by Crippen LogP contribution is -2.46. The van der Waals surface area contributed by atoms with Gasteiger partial charge in [-0.1, -0.05) is 13.8 Å². The first-order valence-corrected chi connectivity index (χ1v) is 4.81. The second kappa shape index (κ2) is 4.98. The number of hydrogen-bond donors (Lipinski definition) is 2. The maximum atomic E-state index is 11.3. The van der Waals surface area contributed by atoms with E-state index in [9.17, 15) is 9.59 Å². The quantitative estimate of drug-likeness (QED) is 0.703. The molecule has 0 spiro atoms. The zero-order chi connectivity index (χ0) is 11.4. The zero-order valence-electron chi connectivity index (χ0n) is 9.60. The van der Waals surface area contributed by atoms with Gasteiger partial charge in [0.25, 0.3) is 0 Å². The maximum Gasteiger partial charge on any atom is 0.239 e. The van der Waals surface area contributed by atoms with Gasteiger partial charge in [-0.25, -0.2) is 0 Å². The van der Waals surface area contributed by atoms with Gasteiger partial charge in [-0.05, 0) is 20.8 Å². The minimum absolute atomic E-state index is 0.0499. The van der Waals surface area contributed by atoms with Crippen molar-refractivity contribution in [1.29, 1.82) is 0 Å². The van der Waals surface area contributed by atoms with Gasteiger partial charge in [-0.2, -0.15) is 0 Å². The lowest BCUT2D eigenvalue weighted by molar-refractivity contribution is -0.128. The summed E-state index contributed by atoms with van der Waals surface area (Å²) in [4.78, 5) is 22.4. The Balaban J connectivity index is 3.81. The Morgan fingerprint density at radius 1 is 1.21 bits per heavy atom. The van der Waals surface area contributed by atoms with Gasteiger partial charge in [0.05, 0.1) is 6.54 Å². The average molecular weight is 200 g/mol. The van der Waals surface area contributed by atoms with Crippen molar-refractivity contribution in [3.8, 4) is 0 Å². The third kappa shape index (κ3) is 6.46. The molecule has 0 saturated carbocycles. The molecule has 0 aromatic heterocycles. The summed E-state index contributed by atoms with van der Waals surface area (Å²) in [6, 6.07) is 0. The molecule has 4 nitrogen and oxygen atoms in total. The molecule has 0 fully saturated rings. The minimum atomic E-state index is -0.250. The van der Waals surface area contributed by atoms with Crippen LogP contribution in [-0.4, -0.2) is 23.9 Å². The molecule has 0 bridgehead atoms. The van der Waals surface area contributed by atoms with Crippen LogP contribution in [0, 0.1) is 5.92 Å². The predicted octanol–water partition coefficient (Wildman–Crippen LogP) is 0.673. The van der Waals surface area contributed by atoms with Crippen molar-refractivity contribution in [3.05, 3.63) is 0 Å². The number of nitrogens with one attached hydrogen (secondary N) is 2. The zero-order valence-corrected chi connectivity index (χ0v) is 9.60. The molecule has 14 heavy (non-hydrogen) atoms. The van der Waals surface area contributed by atoms with Crippen molar-refractivity contribution in [1.82, 2.24) is 10.6 Å². The van der Waals surface area contributed by atoms with Crippen LogP contribution in [-0.2, 0) is 9.59 Å². The Hall–Kier alpha value is -1.06. The van der Waals surface area contributed by atoms with E-state index in [1.54, 1.807) is 13.8 Å². The summed E-state index contributed by atoms with van der Waals surface area (Å²) in [5, 5.41) is 5.31. The molecule has 82 valence electrons. The van der Waals surface area contributed by atoms with Crippen LogP contribution in [0.5, 0.6) is 0 Å². The molecule has 0 heterocycles. The molecule has 0 aliphatic heterocycles. The standard InChI is InChI=1S/C10H20N2O2/c1-7(2)9(14)11-6-8(13)12-10(3,4)5/h7H,6H2,1-5H3,(H,11,14)(H,12,13). The molecule has 0 saturated heterocycles. The summed E-state index contributed by atoms with van der Waals surface area (Å²) in [5.41, 5.74) is -0.250. The highest BCUT2D eigenvalue weighted by Crippen LogP contribution is 1.97. The Bertz CT molecular complexity index is 217. The molecule has 2 N–H and O–H groups in total. The average Bonchev–Trinajstić information content (AvgIpc) is 1.96. The predicted molar refractivity (Wildman–Crippen MR) is 55.7 cm³/mol. The lowest BCUT2D eigenvalue weighted by Gasteiger charge is -2.20. The number of hydrogen-bond acceptors (Lipinski definition) is 2. The number of amides is 2. The van der Waals surface area contributed by atoms with Crippen molar-refractivity contribution in [2.24, 2.45) is 5.92 Å². The summed E-state index contributed by atoms with van der Waals surface area (Å²) >= 11 is 0. The molecule has 2 amide bonds. The van der Waals surface area contributed by atoms with Crippen molar-refractivity contribution in [2.75, 3.05) is 6.54 Å². The van der Waals surface area contributed by atoms with Gasteiger partial charge in [-0.15, -0.1) is 0 Å². The lowest BCUT2D eigenvalue weighted by atomic mass is 10.1. The van der Waals surface area contributed by atoms with Crippen LogP contribution in [0.3, 0.4) is 0 Å². The largest absolute Gasteiger partial charge is 0.350 e. The van der Waals surface area contributed by atoms with Crippen LogP contribution in [0.15, 0.2) is 0 Å². The molecule has 0 radical (unpaired) electrons. The van der Waals surface area contributed by atoms with E-state index >= 15 is 0 Å². The molecule has 0 rings (SSSR count). The molecular formula is C10H20N2O2. The highest BCUT2D eigenvalue weighted by Gasteiger charge is 2.14. The third-order valence-electron chi connectivity index (χ3n) is 1.46. The fourth-order valence-corrected chi connectivity index (χ4v) is 0.834. The van der Waals surface area contributed by atoms with Crippen LogP contribution < -0.4 is 10.6 Å². The SMILES string of the molecule is CC(C)C(=O)NCC(=O)NC(C)(C)C. The van der Waals surface area contributed by atoms with Gasteiger partial charge in [-0.3, -0.25) is 9.59 Å². The Kier molecular flexibility index (Phi) is 4.60. The van der Waals surface area contributed by atoms with Crippen LogP contribution in [0.1, 0.15) is 34.6 Å². The van der Waals surface area contributed by atoms with E-state index in [2.05, 4.69) is 10.6 Å². The Morgan fingerprint density at radius 3 is 2.07 bits per heavy atom. The summed E-state index contributed by atoms with van der Waals surface area (Å²) in [6.45, 7) is 9.32. The third-order valence-corrected chi connectivity index (χ3v) is 1.46.